The van der Waals surface area contributed by atoms with Gasteiger partial charge in [0.05, 0.1) is 6.61 Å². The van der Waals surface area contributed by atoms with Gasteiger partial charge in [-0.3, -0.25) is 14.6 Å². The number of hydrogen-bond donors (Lipinski definition) is 1. The maximum absolute atomic E-state index is 13.3. The van der Waals surface area contributed by atoms with E-state index in [-0.39, 0.29) is 29.5 Å². The van der Waals surface area contributed by atoms with Gasteiger partial charge in [0.25, 0.3) is 0 Å². The number of carbonyl (C=O) groups excluding carboxylic acids is 2. The number of ketones is 1. The number of rotatable bonds is 5. The molecule has 0 aromatic heterocycles. The summed E-state index contributed by atoms with van der Waals surface area (Å²) in [5, 5.41) is 9.77. The van der Waals surface area contributed by atoms with Crippen molar-refractivity contribution in [2.75, 3.05) is 6.61 Å². The van der Waals surface area contributed by atoms with Crippen molar-refractivity contribution in [2.45, 2.75) is 46.0 Å². The summed E-state index contributed by atoms with van der Waals surface area (Å²) in [6.07, 6.45) is 1.74. The fourth-order valence-corrected chi connectivity index (χ4v) is 4.80. The molecule has 0 amide bonds. The molecular weight excluding hydrogens is 402 g/mol. The average molecular weight is 432 g/mol. The molecule has 166 valence electrons. The molecule has 2 atom stereocenters. The molecule has 1 aliphatic heterocycles. The molecule has 0 bridgehead atoms. The van der Waals surface area contributed by atoms with Gasteiger partial charge in [0.1, 0.15) is 11.7 Å². The molecule has 2 aliphatic rings. The third-order valence-electron chi connectivity index (χ3n) is 6.29. The number of aliphatic imine (C=N–C) groups is 1. The number of Topliss-reactive ketones (excluding diaryl/α,β-unsaturated/α-hetero) is 1. The Labute approximate surface area is 188 Å². The number of ether oxygens (including phenoxy) is 1. The lowest BCUT2D eigenvalue weighted by molar-refractivity contribution is -0.146. The number of phenols is 1. The smallest absolute Gasteiger partial charge is 0.315 e. The molecule has 5 heteroatoms. The second-order valence-electron chi connectivity index (χ2n) is 9.50. The van der Waals surface area contributed by atoms with Crippen molar-refractivity contribution < 1.29 is 19.4 Å². The van der Waals surface area contributed by atoms with E-state index in [2.05, 4.69) is 13.8 Å². The van der Waals surface area contributed by atoms with E-state index in [4.69, 9.17) is 9.73 Å². The highest BCUT2D eigenvalue weighted by molar-refractivity contribution is 6.09. The Balaban J connectivity index is 1.65. The van der Waals surface area contributed by atoms with E-state index in [1.807, 2.05) is 37.3 Å². The van der Waals surface area contributed by atoms with Gasteiger partial charge in [-0.2, -0.15) is 0 Å². The van der Waals surface area contributed by atoms with Crippen molar-refractivity contribution in [3.63, 3.8) is 0 Å². The van der Waals surface area contributed by atoms with Gasteiger partial charge < -0.3 is 9.84 Å². The molecule has 0 radical (unpaired) electrons. The molecule has 0 spiro atoms. The first-order chi connectivity index (χ1) is 15.2. The predicted molar refractivity (Wildman–Crippen MR) is 124 cm³/mol. The van der Waals surface area contributed by atoms with E-state index in [9.17, 15) is 14.7 Å². The maximum atomic E-state index is 13.3. The zero-order valence-electron chi connectivity index (χ0n) is 18.8. The number of nitrogens with zero attached hydrogens (tertiary/aromatic N) is 1. The first-order valence-corrected chi connectivity index (χ1v) is 11.1. The minimum absolute atomic E-state index is 0.0349. The maximum Gasteiger partial charge on any atom is 0.315 e. The fraction of sp³-hybridized carbons (Fsp3) is 0.370. The Bertz CT molecular complexity index is 1080. The monoisotopic (exact) mass is 431 g/mol. The van der Waals surface area contributed by atoms with Crippen molar-refractivity contribution in [1.82, 2.24) is 0 Å². The van der Waals surface area contributed by atoms with Crippen LogP contribution >= 0.6 is 0 Å². The summed E-state index contributed by atoms with van der Waals surface area (Å²) in [6.45, 7) is 6.24. The van der Waals surface area contributed by atoms with Crippen molar-refractivity contribution >= 4 is 17.5 Å². The van der Waals surface area contributed by atoms with Gasteiger partial charge >= 0.3 is 5.97 Å². The van der Waals surface area contributed by atoms with E-state index in [0.29, 0.717) is 30.5 Å². The van der Waals surface area contributed by atoms with Crippen LogP contribution in [0.5, 0.6) is 5.75 Å². The van der Waals surface area contributed by atoms with Crippen molar-refractivity contribution in [3.05, 3.63) is 77.0 Å². The Hall–Kier alpha value is -3.21. The number of benzene rings is 2. The van der Waals surface area contributed by atoms with Crippen LogP contribution in [0.1, 0.15) is 50.7 Å². The zero-order valence-corrected chi connectivity index (χ0v) is 18.8. The summed E-state index contributed by atoms with van der Waals surface area (Å²) in [5.41, 5.74) is 3.79. The highest BCUT2D eigenvalue weighted by atomic mass is 16.5. The predicted octanol–water partition coefficient (Wildman–Crippen LogP) is 5.00. The third kappa shape index (κ3) is 4.52. The van der Waals surface area contributed by atoms with Gasteiger partial charge in [0, 0.05) is 35.7 Å². The molecule has 0 fully saturated rings. The Morgan fingerprint density at radius 2 is 1.78 bits per heavy atom. The van der Waals surface area contributed by atoms with Crippen LogP contribution in [0.4, 0.5) is 0 Å². The SMILES string of the molecule is CC1=NC2=C(C(=O)CC(C)(C)C2)[C@@H](c2ccc(O)cc2)C1C(=O)OCCc1ccccc1. The van der Waals surface area contributed by atoms with Gasteiger partial charge in [-0.25, -0.2) is 0 Å². The number of hydrogen-bond acceptors (Lipinski definition) is 5. The molecule has 4 rings (SSSR count). The normalized spacial score (nSPS) is 22.2. The Morgan fingerprint density at radius 3 is 2.47 bits per heavy atom. The van der Waals surface area contributed by atoms with Crippen molar-refractivity contribution in [1.29, 1.82) is 0 Å². The topological polar surface area (TPSA) is 76.0 Å². The molecule has 2 aromatic rings. The molecule has 1 N–H and O–H groups in total. The second kappa shape index (κ2) is 8.73. The number of aromatic hydroxyl groups is 1. The van der Waals surface area contributed by atoms with Crippen LogP contribution in [0.25, 0.3) is 0 Å². The molecule has 0 saturated heterocycles. The van der Waals surface area contributed by atoms with Crippen LogP contribution in [-0.2, 0) is 20.7 Å². The van der Waals surface area contributed by atoms with Gasteiger partial charge in [0.15, 0.2) is 5.78 Å². The first kappa shape index (κ1) is 22.0. The lowest BCUT2D eigenvalue weighted by Crippen LogP contribution is -2.39. The highest BCUT2D eigenvalue weighted by Crippen LogP contribution is 2.48. The highest BCUT2D eigenvalue weighted by Gasteiger charge is 2.46. The van der Waals surface area contributed by atoms with E-state index < -0.39 is 11.8 Å². The van der Waals surface area contributed by atoms with E-state index in [0.717, 1.165) is 16.8 Å². The van der Waals surface area contributed by atoms with Crippen LogP contribution in [0, 0.1) is 11.3 Å². The van der Waals surface area contributed by atoms with E-state index in [1.54, 1.807) is 24.3 Å². The zero-order chi connectivity index (χ0) is 22.9. The largest absolute Gasteiger partial charge is 0.508 e. The second-order valence-corrected chi connectivity index (χ2v) is 9.50. The van der Waals surface area contributed by atoms with E-state index in [1.165, 1.54) is 0 Å². The van der Waals surface area contributed by atoms with Crippen LogP contribution in [0.2, 0.25) is 0 Å². The molecule has 0 saturated carbocycles. The lowest BCUT2D eigenvalue weighted by atomic mass is 9.67. The summed E-state index contributed by atoms with van der Waals surface area (Å²) in [4.78, 5) is 31.2. The van der Waals surface area contributed by atoms with Crippen molar-refractivity contribution in [2.24, 2.45) is 16.3 Å². The van der Waals surface area contributed by atoms with Gasteiger partial charge in [-0.15, -0.1) is 0 Å². The summed E-state index contributed by atoms with van der Waals surface area (Å²) in [7, 11) is 0. The molecule has 1 heterocycles. The van der Waals surface area contributed by atoms with Crippen LogP contribution < -0.4 is 0 Å². The number of allylic oxidation sites excluding steroid dienone is 2. The summed E-state index contributed by atoms with van der Waals surface area (Å²) in [5.74, 6) is -1.32. The summed E-state index contributed by atoms with van der Waals surface area (Å²) < 4.78 is 5.68. The van der Waals surface area contributed by atoms with Gasteiger partial charge in [-0.1, -0.05) is 56.3 Å². The molecule has 1 unspecified atom stereocenters. The molecule has 1 aliphatic carbocycles. The van der Waals surface area contributed by atoms with Gasteiger partial charge in [-0.05, 0) is 42.0 Å². The quantitative estimate of drug-likeness (QED) is 0.676. The molecule has 5 nitrogen and oxygen atoms in total. The third-order valence-corrected chi connectivity index (χ3v) is 6.29. The fourth-order valence-electron chi connectivity index (χ4n) is 4.80. The molecule has 2 aromatic carbocycles. The van der Waals surface area contributed by atoms with Crippen LogP contribution in [0.3, 0.4) is 0 Å². The minimum Gasteiger partial charge on any atom is -0.508 e. The first-order valence-electron chi connectivity index (χ1n) is 11.1. The minimum atomic E-state index is -0.667. The number of carbonyl (C=O) groups is 2. The number of esters is 1. The summed E-state index contributed by atoms with van der Waals surface area (Å²) in [6, 6.07) is 16.6. The Morgan fingerprint density at radius 1 is 1.09 bits per heavy atom. The lowest BCUT2D eigenvalue weighted by Gasteiger charge is -2.39. The average Bonchev–Trinajstić information content (AvgIpc) is 2.73. The Kier molecular flexibility index (Phi) is 6.00. The van der Waals surface area contributed by atoms with Gasteiger partial charge in [0.2, 0.25) is 0 Å². The van der Waals surface area contributed by atoms with Crippen molar-refractivity contribution in [3.8, 4) is 5.75 Å². The standard InChI is InChI=1S/C27H29NO4/c1-17-23(26(31)32-14-13-18-7-5-4-6-8-18)24(19-9-11-20(29)12-10-19)25-21(28-17)15-27(2,3)16-22(25)30/h4-12,23-24,29H,13-16H2,1-3H3/t23?,24-/m0/s1. The van der Waals surface area contributed by atoms with E-state index >= 15 is 0 Å². The number of phenolic OH excluding ortho intramolecular Hbond substituents is 1. The summed E-state index contributed by atoms with van der Waals surface area (Å²) >= 11 is 0. The molecular formula is C27H29NO4. The molecule has 32 heavy (non-hydrogen) atoms. The van der Waals surface area contributed by atoms with Crippen LogP contribution in [-0.4, -0.2) is 29.2 Å². The van der Waals surface area contributed by atoms with Crippen LogP contribution in [0.15, 0.2) is 70.9 Å².